The summed E-state index contributed by atoms with van der Waals surface area (Å²) >= 11 is 0. The minimum atomic E-state index is -0.905. The van der Waals surface area contributed by atoms with Gasteiger partial charge in [0.2, 0.25) is 0 Å². The number of imidazole rings is 1. The Balaban J connectivity index is 1.61. The van der Waals surface area contributed by atoms with Crippen LogP contribution in [-0.4, -0.2) is 76.6 Å². The highest BCUT2D eigenvalue weighted by atomic mass is 16.8. The molecule has 0 saturated carbocycles. The first-order chi connectivity index (χ1) is 13.8. The molecule has 3 N–H and O–H groups in total. The molecule has 0 unspecified atom stereocenters. The number of aromatic nitrogens is 4. The molecule has 2 aromatic rings. The molecule has 0 bridgehead atoms. The van der Waals surface area contributed by atoms with Crippen molar-refractivity contribution in [2.75, 3.05) is 26.5 Å². The number of hydrogen-bond donors (Lipinski definition) is 2. The largest absolute Gasteiger partial charge is 0.382 e. The fourth-order valence-corrected chi connectivity index (χ4v) is 3.62. The average Bonchev–Trinajstić information content (AvgIpc) is 3.33. The summed E-state index contributed by atoms with van der Waals surface area (Å²) in [5.41, 5.74) is 6.80. The number of nitrogens with two attached hydrogens (primary N) is 1. The Morgan fingerprint density at radius 1 is 1.28 bits per heavy atom. The van der Waals surface area contributed by atoms with Crippen molar-refractivity contribution in [3.63, 3.8) is 0 Å². The van der Waals surface area contributed by atoms with Crippen molar-refractivity contribution >= 4 is 22.9 Å². The van der Waals surface area contributed by atoms with E-state index in [9.17, 15) is 4.79 Å². The summed E-state index contributed by atoms with van der Waals surface area (Å²) in [6.45, 7) is 3.74. The van der Waals surface area contributed by atoms with Crippen molar-refractivity contribution in [2.45, 2.75) is 50.5 Å². The van der Waals surface area contributed by atoms with E-state index in [2.05, 4.69) is 20.3 Å². The molecule has 4 heterocycles. The summed E-state index contributed by atoms with van der Waals surface area (Å²) in [7, 11) is 2.99. The van der Waals surface area contributed by atoms with E-state index in [-0.39, 0.29) is 18.3 Å². The molecule has 2 fully saturated rings. The molecule has 4 rings (SSSR count). The maximum atomic E-state index is 12.8. The predicted molar refractivity (Wildman–Crippen MR) is 98.3 cm³/mol. The van der Waals surface area contributed by atoms with Gasteiger partial charge in [0.05, 0.1) is 12.9 Å². The van der Waals surface area contributed by atoms with Gasteiger partial charge in [-0.2, -0.15) is 0 Å². The molecule has 12 nitrogen and oxygen atoms in total. The van der Waals surface area contributed by atoms with Crippen LogP contribution in [0, 0.1) is 0 Å². The summed E-state index contributed by atoms with van der Waals surface area (Å²) in [5.74, 6) is -0.977. The molecule has 0 spiro atoms. The molecule has 29 heavy (non-hydrogen) atoms. The first-order valence-corrected chi connectivity index (χ1v) is 9.12. The Hall–Kier alpha value is -2.38. The van der Waals surface area contributed by atoms with E-state index in [1.54, 1.807) is 18.4 Å². The van der Waals surface area contributed by atoms with Crippen molar-refractivity contribution in [2.24, 2.45) is 0 Å². The highest BCUT2D eigenvalue weighted by molar-refractivity contribution is 5.83. The van der Waals surface area contributed by atoms with Gasteiger partial charge in [0.15, 0.2) is 35.9 Å². The lowest BCUT2D eigenvalue weighted by molar-refractivity contribution is -0.198. The molecule has 0 radical (unpaired) electrons. The standard InChI is InChI=1S/C17H24N6O6/c1-17(2)28-10-11(15(24)19-5-8(25-3)26-4)27-16(12(10)29-17)23-7-22-9-13(18)20-6-21-14(9)23/h6-8,10-12,16H,5H2,1-4H3,(H,19,24)(H2,18,20,21)/t10-,11+,12-,16-/m1/s1. The number of nitrogens with zero attached hydrogens (tertiary/aromatic N) is 4. The normalized spacial score (nSPS) is 28.2. The van der Waals surface area contributed by atoms with Crippen molar-refractivity contribution in [1.29, 1.82) is 0 Å². The van der Waals surface area contributed by atoms with Gasteiger partial charge >= 0.3 is 0 Å². The molecular weight excluding hydrogens is 384 g/mol. The molecule has 4 atom stereocenters. The zero-order valence-corrected chi connectivity index (χ0v) is 16.6. The van der Waals surface area contributed by atoms with Gasteiger partial charge in [-0.05, 0) is 13.8 Å². The minimum absolute atomic E-state index is 0.162. The molecule has 12 heteroatoms. The maximum Gasteiger partial charge on any atom is 0.252 e. The maximum absolute atomic E-state index is 12.8. The number of methoxy groups -OCH3 is 2. The molecule has 2 aromatic heterocycles. The van der Waals surface area contributed by atoms with Crippen molar-refractivity contribution in [1.82, 2.24) is 24.8 Å². The monoisotopic (exact) mass is 408 g/mol. The number of nitrogens with one attached hydrogen (secondary N) is 1. The summed E-state index contributed by atoms with van der Waals surface area (Å²) in [6, 6.07) is 0. The van der Waals surface area contributed by atoms with Gasteiger partial charge in [-0.25, -0.2) is 15.0 Å². The quantitative estimate of drug-likeness (QED) is 0.603. The van der Waals surface area contributed by atoms with Gasteiger partial charge in [-0.1, -0.05) is 0 Å². The van der Waals surface area contributed by atoms with Gasteiger partial charge in [-0.3, -0.25) is 9.36 Å². The summed E-state index contributed by atoms with van der Waals surface area (Å²) in [5, 5.41) is 2.76. The van der Waals surface area contributed by atoms with Crippen LogP contribution in [0.4, 0.5) is 5.82 Å². The van der Waals surface area contributed by atoms with E-state index >= 15 is 0 Å². The lowest BCUT2D eigenvalue weighted by Gasteiger charge is -2.24. The second-order valence-electron chi connectivity index (χ2n) is 7.24. The predicted octanol–water partition coefficient (Wildman–Crippen LogP) is -0.439. The van der Waals surface area contributed by atoms with E-state index in [0.29, 0.717) is 11.2 Å². The Kier molecular flexibility index (Phi) is 5.12. The molecule has 2 aliphatic rings. The second-order valence-corrected chi connectivity index (χ2v) is 7.24. The van der Waals surface area contributed by atoms with Gasteiger partial charge in [0.1, 0.15) is 24.1 Å². The smallest absolute Gasteiger partial charge is 0.252 e. The van der Waals surface area contributed by atoms with E-state index in [4.69, 9.17) is 29.4 Å². The molecule has 0 aromatic carbocycles. The number of ether oxygens (including phenoxy) is 5. The Morgan fingerprint density at radius 3 is 2.72 bits per heavy atom. The SMILES string of the molecule is COC(CNC(=O)[C@H]1O[C@@H](n2cnc3c(N)ncnc32)[C@@H]2OC(C)(C)O[C@@H]21)OC. The highest BCUT2D eigenvalue weighted by Gasteiger charge is 2.58. The highest BCUT2D eigenvalue weighted by Crippen LogP contribution is 2.43. The van der Waals surface area contributed by atoms with Gasteiger partial charge in [0.25, 0.3) is 5.91 Å². The van der Waals surface area contributed by atoms with Crippen molar-refractivity contribution < 1.29 is 28.5 Å². The molecule has 1 amide bonds. The van der Waals surface area contributed by atoms with Crippen molar-refractivity contribution in [3.05, 3.63) is 12.7 Å². The summed E-state index contributed by atoms with van der Waals surface area (Å²) in [4.78, 5) is 25.3. The van der Waals surface area contributed by atoms with Crippen LogP contribution in [0.15, 0.2) is 12.7 Å². The topological polar surface area (TPSA) is 145 Å². The van der Waals surface area contributed by atoms with Gasteiger partial charge in [0, 0.05) is 14.2 Å². The lowest BCUT2D eigenvalue weighted by Crippen LogP contribution is -2.45. The third kappa shape index (κ3) is 3.53. The van der Waals surface area contributed by atoms with E-state index in [0.717, 1.165) is 0 Å². The number of amides is 1. The van der Waals surface area contributed by atoms with Crippen LogP contribution in [0.5, 0.6) is 0 Å². The van der Waals surface area contributed by atoms with Crippen LogP contribution in [-0.2, 0) is 28.5 Å². The molecule has 2 aliphatic heterocycles. The summed E-state index contributed by atoms with van der Waals surface area (Å²) < 4.78 is 29.9. The van der Waals surface area contributed by atoms with Gasteiger partial charge < -0.3 is 34.7 Å². The zero-order valence-electron chi connectivity index (χ0n) is 16.6. The third-order valence-corrected chi connectivity index (χ3v) is 4.92. The number of fused-ring (bicyclic) bond motifs is 2. The summed E-state index contributed by atoms with van der Waals surface area (Å²) in [6.07, 6.45) is -0.433. The number of anilines is 1. The van der Waals surface area contributed by atoms with Crippen LogP contribution in [0.2, 0.25) is 0 Å². The molecule has 0 aliphatic carbocycles. The zero-order chi connectivity index (χ0) is 20.8. The number of carbonyl (C=O) groups excluding carboxylic acids is 1. The van der Waals surface area contributed by atoms with E-state index < -0.39 is 36.6 Å². The Bertz CT molecular complexity index is 900. The molecule has 158 valence electrons. The molecular formula is C17H24N6O6. The van der Waals surface area contributed by atoms with Crippen LogP contribution >= 0.6 is 0 Å². The number of hydrogen-bond acceptors (Lipinski definition) is 10. The van der Waals surface area contributed by atoms with E-state index in [1.807, 2.05) is 0 Å². The first-order valence-electron chi connectivity index (χ1n) is 9.12. The first kappa shape index (κ1) is 19.9. The van der Waals surface area contributed by atoms with Crippen LogP contribution in [0.1, 0.15) is 20.1 Å². The lowest BCUT2D eigenvalue weighted by atomic mass is 10.1. The average molecular weight is 408 g/mol. The van der Waals surface area contributed by atoms with Crippen molar-refractivity contribution in [3.8, 4) is 0 Å². The second kappa shape index (κ2) is 7.46. The minimum Gasteiger partial charge on any atom is -0.382 e. The van der Waals surface area contributed by atoms with Crippen LogP contribution in [0.25, 0.3) is 11.2 Å². The molecule has 2 saturated heterocycles. The fraction of sp³-hybridized carbons (Fsp3) is 0.647. The van der Waals surface area contributed by atoms with E-state index in [1.165, 1.54) is 26.9 Å². The van der Waals surface area contributed by atoms with Gasteiger partial charge in [-0.15, -0.1) is 0 Å². The van der Waals surface area contributed by atoms with Crippen LogP contribution < -0.4 is 11.1 Å². The third-order valence-electron chi connectivity index (χ3n) is 4.92. The fourth-order valence-electron chi connectivity index (χ4n) is 3.62. The number of rotatable bonds is 6. The van der Waals surface area contributed by atoms with Crippen LogP contribution in [0.3, 0.4) is 0 Å². The Morgan fingerprint density at radius 2 is 2.00 bits per heavy atom. The number of nitrogen functional groups attached to an aromatic ring is 1. The Labute approximate surface area is 166 Å². The number of carbonyl (C=O) groups is 1.